The van der Waals surface area contributed by atoms with Crippen LogP contribution in [-0.2, 0) is 15.1 Å². The Hall–Kier alpha value is -1.93. The highest BCUT2D eigenvalue weighted by molar-refractivity contribution is 9.10. The van der Waals surface area contributed by atoms with Gasteiger partial charge in [-0.3, -0.25) is 9.69 Å². The number of amidine groups is 1. The number of ether oxygens (including phenoxy) is 1. The summed E-state index contributed by atoms with van der Waals surface area (Å²) in [5.74, 6) is 0.0539. The molecule has 3 rings (SSSR count). The largest absolute Gasteiger partial charge is 0.444 e. The Kier molecular flexibility index (Phi) is 5.07. The molecule has 2 aliphatic heterocycles. The summed E-state index contributed by atoms with van der Waals surface area (Å²) < 4.78 is 6.35. The van der Waals surface area contributed by atoms with Crippen molar-refractivity contribution in [1.82, 2.24) is 10.2 Å². The van der Waals surface area contributed by atoms with E-state index >= 15 is 0 Å². The number of hydrogen-bond donors (Lipinski definition) is 2. The van der Waals surface area contributed by atoms with Crippen LogP contribution in [0.5, 0.6) is 0 Å². The van der Waals surface area contributed by atoms with Crippen LogP contribution in [0.2, 0.25) is 0 Å². The molecule has 0 aliphatic carbocycles. The first kappa shape index (κ1) is 19.8. The first-order valence-electron chi connectivity index (χ1n) is 8.84. The number of rotatable bonds is 2. The molecule has 27 heavy (non-hydrogen) atoms. The maximum atomic E-state index is 12.7. The first-order valence-corrected chi connectivity index (χ1v) is 9.64. The molecule has 3 atom stereocenters. The van der Waals surface area contributed by atoms with Gasteiger partial charge in [0, 0.05) is 10.9 Å². The summed E-state index contributed by atoms with van der Waals surface area (Å²) in [4.78, 5) is 30.8. The fourth-order valence-electron chi connectivity index (χ4n) is 3.29. The fraction of sp³-hybridized carbons (Fsp3) is 0.526. The molecule has 2 aliphatic rings. The summed E-state index contributed by atoms with van der Waals surface area (Å²) in [5, 5.41) is 13.3. The number of halogens is 1. The zero-order valence-electron chi connectivity index (χ0n) is 15.8. The number of benzene rings is 1. The quantitative estimate of drug-likeness (QED) is 0.741. The highest BCUT2D eigenvalue weighted by Gasteiger charge is 2.47. The van der Waals surface area contributed by atoms with Crippen LogP contribution in [-0.4, -0.2) is 52.1 Å². The third kappa shape index (κ3) is 4.01. The standard InChI is InChI=1S/C19H24BrN3O4/c1-18(2,3)27-17(26)23-10-13(24)9-14(23)15-21-16(25)19(4,22-15)11-5-7-12(20)8-6-11/h5-8,13-14,24H,9-10H2,1-4H3,(H,21,22,25)/t13-,14?,19+/m1/s1. The average molecular weight is 438 g/mol. The SMILES string of the molecule is CC(C)(C)OC(=O)N1C[C@H](O)CC1C1=NC(=O)[C@](C)(c2ccc(Br)cc2)N1. The number of β-amino-alcohol motifs (C(OH)–C–C–N with tert-alkyl or cyclic N) is 1. The fourth-order valence-corrected chi connectivity index (χ4v) is 3.56. The van der Waals surface area contributed by atoms with E-state index in [0.717, 1.165) is 10.0 Å². The lowest BCUT2D eigenvalue weighted by atomic mass is 9.92. The topological polar surface area (TPSA) is 91.2 Å². The maximum Gasteiger partial charge on any atom is 0.411 e. The van der Waals surface area contributed by atoms with Crippen molar-refractivity contribution in [2.75, 3.05) is 6.54 Å². The average Bonchev–Trinajstić information content (AvgIpc) is 3.08. The minimum atomic E-state index is -1.01. The molecule has 0 radical (unpaired) electrons. The number of carbonyl (C=O) groups excluding carboxylic acids is 2. The van der Waals surface area contributed by atoms with Crippen molar-refractivity contribution in [3.05, 3.63) is 34.3 Å². The number of hydrogen-bond acceptors (Lipinski definition) is 5. The van der Waals surface area contributed by atoms with Crippen molar-refractivity contribution in [3.63, 3.8) is 0 Å². The minimum absolute atomic E-state index is 0.142. The predicted octanol–water partition coefficient (Wildman–Crippen LogP) is 2.56. The first-order chi connectivity index (χ1) is 12.5. The number of nitrogens with one attached hydrogen (secondary N) is 1. The molecular weight excluding hydrogens is 414 g/mol. The van der Waals surface area contributed by atoms with E-state index in [1.807, 2.05) is 24.3 Å². The van der Waals surface area contributed by atoms with Gasteiger partial charge in [0.25, 0.3) is 5.91 Å². The normalized spacial score (nSPS) is 28.1. The lowest BCUT2D eigenvalue weighted by Crippen LogP contribution is -2.50. The summed E-state index contributed by atoms with van der Waals surface area (Å²) in [7, 11) is 0. The van der Waals surface area contributed by atoms with Crippen molar-refractivity contribution in [3.8, 4) is 0 Å². The Morgan fingerprint density at radius 2 is 2.00 bits per heavy atom. The van der Waals surface area contributed by atoms with Gasteiger partial charge < -0.3 is 15.2 Å². The Morgan fingerprint density at radius 1 is 1.37 bits per heavy atom. The van der Waals surface area contributed by atoms with E-state index in [-0.39, 0.29) is 12.5 Å². The number of aliphatic hydroxyl groups is 1. The van der Waals surface area contributed by atoms with Crippen molar-refractivity contribution >= 4 is 33.8 Å². The molecule has 2 N–H and O–H groups in total. The molecule has 7 nitrogen and oxygen atoms in total. The third-order valence-electron chi connectivity index (χ3n) is 4.67. The van der Waals surface area contributed by atoms with Crippen LogP contribution in [0.3, 0.4) is 0 Å². The van der Waals surface area contributed by atoms with Crippen molar-refractivity contribution in [2.45, 2.75) is 57.4 Å². The van der Waals surface area contributed by atoms with Crippen molar-refractivity contribution in [2.24, 2.45) is 4.99 Å². The van der Waals surface area contributed by atoms with Crippen LogP contribution >= 0.6 is 15.9 Å². The molecule has 1 fully saturated rings. The molecule has 1 saturated heterocycles. The summed E-state index contributed by atoms with van der Waals surface area (Å²) >= 11 is 3.39. The number of amides is 2. The highest BCUT2D eigenvalue weighted by Crippen LogP contribution is 2.31. The van der Waals surface area contributed by atoms with Gasteiger partial charge in [-0.05, 0) is 45.4 Å². The molecule has 1 aromatic rings. The Morgan fingerprint density at radius 3 is 2.59 bits per heavy atom. The van der Waals surface area contributed by atoms with Crippen LogP contribution in [0.25, 0.3) is 0 Å². The van der Waals surface area contributed by atoms with Gasteiger partial charge in [0.2, 0.25) is 0 Å². The van der Waals surface area contributed by atoms with E-state index in [9.17, 15) is 14.7 Å². The number of aliphatic hydroxyl groups excluding tert-OH is 1. The number of aliphatic imine (C=N–C) groups is 1. The summed E-state index contributed by atoms with van der Waals surface area (Å²) in [6, 6.07) is 6.89. The van der Waals surface area contributed by atoms with Gasteiger partial charge in [-0.25, -0.2) is 4.79 Å². The second-order valence-corrected chi connectivity index (χ2v) is 9.01. The molecule has 2 heterocycles. The zero-order valence-corrected chi connectivity index (χ0v) is 17.4. The molecule has 8 heteroatoms. The van der Waals surface area contributed by atoms with Crippen molar-refractivity contribution in [1.29, 1.82) is 0 Å². The van der Waals surface area contributed by atoms with Gasteiger partial charge in [0.05, 0.1) is 18.7 Å². The molecule has 1 aromatic carbocycles. The Bertz CT molecular complexity index is 787. The zero-order chi connectivity index (χ0) is 20.0. The maximum absolute atomic E-state index is 12.7. The second-order valence-electron chi connectivity index (χ2n) is 8.10. The monoisotopic (exact) mass is 437 g/mol. The molecule has 0 bridgehead atoms. The van der Waals surface area contributed by atoms with E-state index in [2.05, 4.69) is 26.2 Å². The smallest absolute Gasteiger partial charge is 0.411 e. The van der Waals surface area contributed by atoms with E-state index in [1.165, 1.54) is 4.90 Å². The van der Waals surface area contributed by atoms with Crippen LogP contribution in [0.15, 0.2) is 33.7 Å². The van der Waals surface area contributed by atoms with Crippen LogP contribution in [0, 0.1) is 0 Å². The van der Waals surface area contributed by atoms with E-state index in [4.69, 9.17) is 4.74 Å². The summed E-state index contributed by atoms with van der Waals surface area (Å²) in [6.07, 6.45) is -0.922. The van der Waals surface area contributed by atoms with Gasteiger partial charge in [0.1, 0.15) is 17.0 Å². The predicted molar refractivity (Wildman–Crippen MR) is 104 cm³/mol. The lowest BCUT2D eigenvalue weighted by Gasteiger charge is -2.30. The van der Waals surface area contributed by atoms with Crippen LogP contribution in [0.4, 0.5) is 4.79 Å². The Labute approximate surface area is 166 Å². The number of likely N-dealkylation sites (tertiary alicyclic amines) is 1. The molecule has 146 valence electrons. The van der Waals surface area contributed by atoms with Gasteiger partial charge in [-0.15, -0.1) is 0 Å². The molecule has 0 aromatic heterocycles. The van der Waals surface area contributed by atoms with E-state index < -0.39 is 29.4 Å². The molecule has 0 saturated carbocycles. The van der Waals surface area contributed by atoms with Crippen molar-refractivity contribution < 1.29 is 19.4 Å². The van der Waals surface area contributed by atoms with Crippen LogP contribution < -0.4 is 5.32 Å². The summed E-state index contributed by atoms with van der Waals surface area (Å²) in [6.45, 7) is 7.26. The molecule has 0 spiro atoms. The highest BCUT2D eigenvalue weighted by atomic mass is 79.9. The summed E-state index contributed by atoms with van der Waals surface area (Å²) in [5.41, 5.74) is -0.887. The second kappa shape index (κ2) is 6.91. The minimum Gasteiger partial charge on any atom is -0.444 e. The molecular formula is C19H24BrN3O4. The Balaban J connectivity index is 1.83. The molecule has 1 unspecified atom stereocenters. The number of carbonyl (C=O) groups is 2. The van der Waals surface area contributed by atoms with E-state index in [1.54, 1.807) is 27.7 Å². The lowest BCUT2D eigenvalue weighted by molar-refractivity contribution is -0.122. The number of nitrogens with zero attached hydrogens (tertiary/aromatic N) is 2. The van der Waals surface area contributed by atoms with E-state index in [0.29, 0.717) is 12.3 Å². The van der Waals surface area contributed by atoms with Crippen LogP contribution in [0.1, 0.15) is 39.7 Å². The van der Waals surface area contributed by atoms with Gasteiger partial charge in [-0.1, -0.05) is 28.1 Å². The van der Waals surface area contributed by atoms with Gasteiger partial charge in [-0.2, -0.15) is 4.99 Å². The van der Waals surface area contributed by atoms with Gasteiger partial charge >= 0.3 is 6.09 Å². The molecule has 2 amide bonds. The third-order valence-corrected chi connectivity index (χ3v) is 5.20. The van der Waals surface area contributed by atoms with Gasteiger partial charge in [0.15, 0.2) is 0 Å².